The minimum Gasteiger partial charge on any atom is -0.481 e. The number of amides is 1. The third-order valence-corrected chi connectivity index (χ3v) is 4.24. The highest BCUT2D eigenvalue weighted by Crippen LogP contribution is 2.26. The third-order valence-electron chi connectivity index (χ3n) is 4.24. The lowest BCUT2D eigenvalue weighted by molar-refractivity contribution is -0.385. The zero-order chi connectivity index (χ0) is 17.7. The number of carbonyl (C=O) groups excluding carboxylic acids is 1. The van der Waals surface area contributed by atoms with E-state index >= 15 is 0 Å². The Kier molecular flexibility index (Phi) is 5.50. The standard InChI is InChI=1S/C16H20N2O6/c1-2-11-3-4-12(9-13(11)18(22)23)15(21)17-16(10-14(19)20)5-7-24-8-6-16/h3-4,9H,2,5-8,10H2,1H3,(H,17,21)(H,19,20). The molecule has 1 amide bonds. The summed E-state index contributed by atoms with van der Waals surface area (Å²) in [4.78, 5) is 34.3. The lowest BCUT2D eigenvalue weighted by Gasteiger charge is -2.36. The molecule has 1 aliphatic heterocycles. The van der Waals surface area contributed by atoms with E-state index in [0.717, 1.165) is 0 Å². The minimum absolute atomic E-state index is 0.107. The molecule has 0 radical (unpaired) electrons. The number of nitrogens with one attached hydrogen (secondary N) is 1. The number of carboxylic acid groups (broad SMARTS) is 1. The molecular formula is C16H20N2O6. The van der Waals surface area contributed by atoms with Gasteiger partial charge in [0.25, 0.3) is 11.6 Å². The number of hydrogen-bond donors (Lipinski definition) is 2. The first kappa shape index (κ1) is 17.9. The van der Waals surface area contributed by atoms with Gasteiger partial charge in [-0.05, 0) is 25.3 Å². The smallest absolute Gasteiger partial charge is 0.305 e. The third kappa shape index (κ3) is 4.08. The van der Waals surface area contributed by atoms with Crippen molar-refractivity contribution in [1.82, 2.24) is 5.32 Å². The highest BCUT2D eigenvalue weighted by Gasteiger charge is 2.36. The molecule has 1 fully saturated rings. The Bertz CT molecular complexity index is 652. The maximum atomic E-state index is 12.5. The Labute approximate surface area is 139 Å². The van der Waals surface area contributed by atoms with Crippen LogP contribution >= 0.6 is 0 Å². The lowest BCUT2D eigenvalue weighted by atomic mass is 9.86. The summed E-state index contributed by atoms with van der Waals surface area (Å²) in [5, 5.41) is 23.0. The number of nitrogens with zero attached hydrogens (tertiary/aromatic N) is 1. The van der Waals surface area contributed by atoms with Gasteiger partial charge in [0.2, 0.25) is 0 Å². The van der Waals surface area contributed by atoms with Crippen molar-refractivity contribution in [3.05, 3.63) is 39.4 Å². The molecule has 0 spiro atoms. The van der Waals surface area contributed by atoms with Crippen LogP contribution in [-0.4, -0.2) is 40.7 Å². The SMILES string of the molecule is CCc1ccc(C(=O)NC2(CC(=O)O)CCOCC2)cc1[N+](=O)[O-]. The van der Waals surface area contributed by atoms with Crippen molar-refractivity contribution in [1.29, 1.82) is 0 Å². The van der Waals surface area contributed by atoms with E-state index in [1.165, 1.54) is 12.1 Å². The molecule has 0 bridgehead atoms. The molecule has 0 aliphatic carbocycles. The summed E-state index contributed by atoms with van der Waals surface area (Å²) in [5.74, 6) is -1.52. The van der Waals surface area contributed by atoms with Crippen molar-refractivity contribution >= 4 is 17.6 Å². The quantitative estimate of drug-likeness (QED) is 0.605. The molecular weight excluding hydrogens is 316 g/mol. The van der Waals surface area contributed by atoms with Gasteiger partial charge in [0.05, 0.1) is 16.9 Å². The fourth-order valence-electron chi connectivity index (χ4n) is 2.88. The number of nitro groups is 1. The van der Waals surface area contributed by atoms with Crippen LogP contribution in [0.15, 0.2) is 18.2 Å². The van der Waals surface area contributed by atoms with Gasteiger partial charge >= 0.3 is 5.97 Å². The van der Waals surface area contributed by atoms with Crippen LogP contribution in [0, 0.1) is 10.1 Å². The van der Waals surface area contributed by atoms with E-state index in [4.69, 9.17) is 9.84 Å². The Morgan fingerprint density at radius 1 is 1.38 bits per heavy atom. The summed E-state index contributed by atoms with van der Waals surface area (Å²) in [5.41, 5.74) is -0.304. The van der Waals surface area contributed by atoms with Gasteiger partial charge in [0.15, 0.2) is 0 Å². The molecule has 8 nitrogen and oxygen atoms in total. The van der Waals surface area contributed by atoms with E-state index in [2.05, 4.69) is 5.32 Å². The van der Waals surface area contributed by atoms with E-state index in [9.17, 15) is 19.7 Å². The number of nitro benzene ring substituents is 1. The van der Waals surface area contributed by atoms with Crippen molar-refractivity contribution in [3.63, 3.8) is 0 Å². The second kappa shape index (κ2) is 7.39. The predicted molar refractivity (Wildman–Crippen MR) is 85.0 cm³/mol. The fourth-order valence-corrected chi connectivity index (χ4v) is 2.88. The summed E-state index contributed by atoms with van der Waals surface area (Å²) in [6.07, 6.45) is 1.05. The summed E-state index contributed by atoms with van der Waals surface area (Å²) < 4.78 is 5.24. The molecule has 1 heterocycles. The molecule has 2 rings (SSSR count). The van der Waals surface area contributed by atoms with Crippen molar-refractivity contribution in [3.8, 4) is 0 Å². The molecule has 130 valence electrons. The van der Waals surface area contributed by atoms with Crippen molar-refractivity contribution in [2.75, 3.05) is 13.2 Å². The van der Waals surface area contributed by atoms with Crippen LogP contribution in [0.1, 0.15) is 42.1 Å². The molecule has 1 aliphatic rings. The number of ether oxygens (including phenoxy) is 1. The second-order valence-electron chi connectivity index (χ2n) is 5.87. The normalized spacial score (nSPS) is 16.4. The summed E-state index contributed by atoms with van der Waals surface area (Å²) in [6.45, 7) is 2.52. The molecule has 0 unspecified atom stereocenters. The highest BCUT2D eigenvalue weighted by molar-refractivity contribution is 5.95. The van der Waals surface area contributed by atoms with Gasteiger partial charge in [-0.2, -0.15) is 0 Å². The first-order valence-electron chi connectivity index (χ1n) is 7.76. The first-order valence-corrected chi connectivity index (χ1v) is 7.76. The minimum atomic E-state index is -1.01. The van der Waals surface area contributed by atoms with Crippen molar-refractivity contribution in [2.24, 2.45) is 0 Å². The van der Waals surface area contributed by atoms with Gasteiger partial charge in [0.1, 0.15) is 0 Å². The molecule has 1 aromatic carbocycles. The molecule has 2 N–H and O–H groups in total. The number of hydrogen-bond acceptors (Lipinski definition) is 5. The van der Waals surface area contributed by atoms with Crippen LogP contribution in [0.5, 0.6) is 0 Å². The molecule has 0 aromatic heterocycles. The van der Waals surface area contributed by atoms with E-state index in [0.29, 0.717) is 38.0 Å². The first-order chi connectivity index (χ1) is 11.4. The van der Waals surface area contributed by atoms with Crippen LogP contribution in [0.3, 0.4) is 0 Å². The van der Waals surface area contributed by atoms with E-state index in [-0.39, 0.29) is 17.7 Å². The maximum absolute atomic E-state index is 12.5. The number of carboxylic acids is 1. The van der Waals surface area contributed by atoms with Gasteiger partial charge in [0, 0.05) is 30.4 Å². The van der Waals surface area contributed by atoms with E-state index in [1.54, 1.807) is 13.0 Å². The molecule has 0 atom stereocenters. The maximum Gasteiger partial charge on any atom is 0.305 e. The van der Waals surface area contributed by atoms with Gasteiger partial charge in [-0.3, -0.25) is 19.7 Å². The number of aliphatic carboxylic acids is 1. The predicted octanol–water partition coefficient (Wildman–Crippen LogP) is 1.91. The molecule has 24 heavy (non-hydrogen) atoms. The number of carbonyl (C=O) groups is 2. The Morgan fingerprint density at radius 3 is 2.58 bits per heavy atom. The zero-order valence-corrected chi connectivity index (χ0v) is 13.4. The monoisotopic (exact) mass is 336 g/mol. The molecule has 1 saturated heterocycles. The van der Waals surface area contributed by atoms with E-state index in [1.807, 2.05) is 0 Å². The van der Waals surface area contributed by atoms with Crippen molar-refractivity contribution in [2.45, 2.75) is 38.1 Å². The molecule has 0 saturated carbocycles. The fraction of sp³-hybridized carbons (Fsp3) is 0.500. The second-order valence-corrected chi connectivity index (χ2v) is 5.87. The van der Waals surface area contributed by atoms with Crippen LogP contribution in [0.2, 0.25) is 0 Å². The Balaban J connectivity index is 2.25. The summed E-state index contributed by atoms with van der Waals surface area (Å²) in [6, 6.07) is 4.32. The van der Waals surface area contributed by atoms with Gasteiger partial charge in [-0.1, -0.05) is 13.0 Å². The van der Waals surface area contributed by atoms with Crippen LogP contribution in [0.4, 0.5) is 5.69 Å². The topological polar surface area (TPSA) is 119 Å². The van der Waals surface area contributed by atoms with Gasteiger partial charge in [-0.25, -0.2) is 0 Å². The van der Waals surface area contributed by atoms with Crippen LogP contribution < -0.4 is 5.32 Å². The zero-order valence-electron chi connectivity index (χ0n) is 13.4. The average molecular weight is 336 g/mol. The van der Waals surface area contributed by atoms with Crippen LogP contribution in [-0.2, 0) is 16.0 Å². The molecule has 8 heteroatoms. The van der Waals surface area contributed by atoms with Gasteiger partial charge in [-0.15, -0.1) is 0 Å². The number of aryl methyl sites for hydroxylation is 1. The Morgan fingerprint density at radius 2 is 2.04 bits per heavy atom. The average Bonchev–Trinajstić information content (AvgIpc) is 2.54. The number of rotatable bonds is 6. The summed E-state index contributed by atoms with van der Waals surface area (Å²) >= 11 is 0. The van der Waals surface area contributed by atoms with Crippen LogP contribution in [0.25, 0.3) is 0 Å². The largest absolute Gasteiger partial charge is 0.481 e. The Hall–Kier alpha value is -2.48. The van der Waals surface area contributed by atoms with E-state index < -0.39 is 22.3 Å². The number of benzene rings is 1. The lowest BCUT2D eigenvalue weighted by Crippen LogP contribution is -2.53. The summed E-state index contributed by atoms with van der Waals surface area (Å²) in [7, 11) is 0. The van der Waals surface area contributed by atoms with Gasteiger partial charge < -0.3 is 15.2 Å². The highest BCUT2D eigenvalue weighted by atomic mass is 16.6. The molecule has 1 aromatic rings. The van der Waals surface area contributed by atoms with Crippen molar-refractivity contribution < 1.29 is 24.4 Å².